The van der Waals surface area contributed by atoms with Crippen LogP contribution in [0.1, 0.15) is 194 Å². The summed E-state index contributed by atoms with van der Waals surface area (Å²) in [5, 5.41) is 0. The van der Waals surface area contributed by atoms with Crippen molar-refractivity contribution >= 4 is 19.8 Å². The topological polar surface area (TPSA) is 97.4 Å². The largest absolute Gasteiger partial charge is 0.475 e. The van der Waals surface area contributed by atoms with Crippen LogP contribution < -0.4 is 0 Å². The summed E-state index contributed by atoms with van der Waals surface area (Å²) in [4.78, 5) is 25.0. The van der Waals surface area contributed by atoms with Gasteiger partial charge in [0.25, 0.3) is 0 Å². The average Bonchev–Trinajstić information content (AvgIpc) is 3.55. The Morgan fingerprint density at radius 2 is 0.920 bits per heavy atom. The zero-order valence-electron chi connectivity index (χ0n) is 32.2. The number of unbranched alkanes of at least 4 members (excludes halogenated alkanes) is 22. The lowest BCUT2D eigenvalue weighted by Gasteiger charge is -2.19. The van der Waals surface area contributed by atoms with Gasteiger partial charge < -0.3 is 9.47 Å². The van der Waals surface area contributed by atoms with Crippen molar-refractivity contribution in [1.29, 1.82) is 0 Å². The van der Waals surface area contributed by atoms with Gasteiger partial charge in [0.2, 0.25) is 0 Å². The number of esters is 2. The number of carbonyl (C=O) groups excluding carboxylic acids is 2. The van der Waals surface area contributed by atoms with Crippen LogP contribution in [0.5, 0.6) is 0 Å². The average molecular weight is 727 g/mol. The first-order valence-electron chi connectivity index (χ1n) is 20.7. The molecule has 9 heteroatoms. The minimum absolute atomic E-state index is 0.151. The fourth-order valence-electron chi connectivity index (χ4n) is 5.88. The van der Waals surface area contributed by atoms with Gasteiger partial charge in [-0.2, -0.15) is 0 Å². The standard InChI is InChI=1S/C41H75O8P/c1-3-5-7-9-11-13-15-17-19-21-23-25-27-29-31-33-40(42)45-37-39(38-48-50(44)46-35-36-47-50)49-41(43)34-32-30-28-26-24-22-20-18-16-14-12-10-8-6-4-2/h17-20,39H,3-16,21-38H2,1-2H3/b19-17+,20-18+/t39-/m1/s1. The lowest BCUT2D eigenvalue weighted by molar-refractivity contribution is -0.161. The van der Waals surface area contributed by atoms with Crippen molar-refractivity contribution in [2.45, 2.75) is 200 Å². The van der Waals surface area contributed by atoms with E-state index in [2.05, 4.69) is 38.2 Å². The molecular formula is C41H75O8P. The smallest absolute Gasteiger partial charge is 0.462 e. The molecule has 8 nitrogen and oxygen atoms in total. The fraction of sp³-hybridized carbons (Fsp3) is 0.854. The number of carbonyl (C=O) groups is 2. The minimum Gasteiger partial charge on any atom is -0.462 e. The number of hydrogen-bond acceptors (Lipinski definition) is 8. The molecule has 1 rings (SSSR count). The summed E-state index contributed by atoms with van der Waals surface area (Å²) in [5.41, 5.74) is 0. The van der Waals surface area contributed by atoms with E-state index in [9.17, 15) is 14.2 Å². The number of phosphoric ester groups is 1. The van der Waals surface area contributed by atoms with Crippen molar-refractivity contribution in [3.63, 3.8) is 0 Å². The molecule has 1 aliphatic heterocycles. The minimum atomic E-state index is -3.66. The molecule has 0 aromatic heterocycles. The molecule has 0 aliphatic carbocycles. The van der Waals surface area contributed by atoms with E-state index in [-0.39, 0.29) is 44.8 Å². The van der Waals surface area contributed by atoms with Crippen LogP contribution >= 0.6 is 7.82 Å². The Balaban J connectivity index is 2.15. The second-order valence-electron chi connectivity index (χ2n) is 13.9. The number of allylic oxidation sites excluding steroid dienone is 4. The van der Waals surface area contributed by atoms with Crippen molar-refractivity contribution in [3.05, 3.63) is 24.3 Å². The van der Waals surface area contributed by atoms with Crippen LogP contribution in [0.25, 0.3) is 0 Å². The molecule has 1 atom stereocenters. The van der Waals surface area contributed by atoms with Gasteiger partial charge in [-0.3, -0.25) is 23.2 Å². The monoisotopic (exact) mass is 727 g/mol. The Bertz CT molecular complexity index is 895. The summed E-state index contributed by atoms with van der Waals surface area (Å²) in [6.45, 7) is 4.50. The Morgan fingerprint density at radius 1 is 0.540 bits per heavy atom. The van der Waals surface area contributed by atoms with Crippen molar-refractivity contribution in [2.75, 3.05) is 26.4 Å². The van der Waals surface area contributed by atoms with E-state index in [1.807, 2.05) is 0 Å². The molecule has 292 valence electrons. The molecule has 0 unspecified atom stereocenters. The summed E-state index contributed by atoms with van der Waals surface area (Å²) in [7, 11) is -3.66. The molecule has 1 heterocycles. The highest BCUT2D eigenvalue weighted by atomic mass is 31.2. The lowest BCUT2D eigenvalue weighted by atomic mass is 10.1. The van der Waals surface area contributed by atoms with Crippen LogP contribution in [0.3, 0.4) is 0 Å². The van der Waals surface area contributed by atoms with Gasteiger partial charge in [-0.25, -0.2) is 4.57 Å². The maximum absolute atomic E-state index is 12.6. The van der Waals surface area contributed by atoms with Crippen LogP contribution in [-0.4, -0.2) is 44.5 Å². The third-order valence-electron chi connectivity index (χ3n) is 9.01. The van der Waals surface area contributed by atoms with E-state index in [1.165, 1.54) is 103 Å². The van der Waals surface area contributed by atoms with Gasteiger partial charge in [0, 0.05) is 12.8 Å². The first-order valence-corrected chi connectivity index (χ1v) is 22.1. The second-order valence-corrected chi connectivity index (χ2v) is 15.5. The number of hydrogen-bond donors (Lipinski definition) is 0. The third-order valence-corrected chi connectivity index (χ3v) is 10.5. The van der Waals surface area contributed by atoms with Gasteiger partial charge in [-0.15, -0.1) is 0 Å². The number of rotatable bonds is 36. The normalized spacial score (nSPS) is 14.9. The molecule has 1 aliphatic rings. The molecule has 0 amide bonds. The van der Waals surface area contributed by atoms with Crippen molar-refractivity contribution in [1.82, 2.24) is 0 Å². The zero-order chi connectivity index (χ0) is 36.2. The predicted molar refractivity (Wildman–Crippen MR) is 205 cm³/mol. The first kappa shape index (κ1) is 46.6. The van der Waals surface area contributed by atoms with E-state index in [1.54, 1.807) is 0 Å². The Kier molecular flexibility index (Phi) is 32.2. The molecule has 0 N–H and O–H groups in total. The van der Waals surface area contributed by atoms with E-state index in [4.69, 9.17) is 23.0 Å². The molecule has 1 fully saturated rings. The summed E-state index contributed by atoms with van der Waals surface area (Å²) in [6, 6.07) is 0. The van der Waals surface area contributed by atoms with E-state index >= 15 is 0 Å². The van der Waals surface area contributed by atoms with E-state index < -0.39 is 13.9 Å². The van der Waals surface area contributed by atoms with Crippen molar-refractivity contribution < 1.29 is 37.2 Å². The maximum atomic E-state index is 12.6. The van der Waals surface area contributed by atoms with Gasteiger partial charge in [-0.1, -0.05) is 141 Å². The van der Waals surface area contributed by atoms with E-state index in [0.717, 1.165) is 64.2 Å². The van der Waals surface area contributed by atoms with Gasteiger partial charge in [0.05, 0.1) is 19.8 Å². The molecule has 0 saturated carbocycles. The second kappa shape index (κ2) is 34.6. The zero-order valence-corrected chi connectivity index (χ0v) is 33.1. The number of ether oxygens (including phenoxy) is 2. The van der Waals surface area contributed by atoms with Crippen molar-refractivity contribution in [3.8, 4) is 0 Å². The van der Waals surface area contributed by atoms with Gasteiger partial charge in [0.1, 0.15) is 6.61 Å². The van der Waals surface area contributed by atoms with Gasteiger partial charge in [-0.05, 0) is 64.2 Å². The quantitative estimate of drug-likeness (QED) is 0.0272. The molecule has 0 radical (unpaired) electrons. The fourth-order valence-corrected chi connectivity index (χ4v) is 7.05. The molecular weight excluding hydrogens is 651 g/mol. The Hall–Kier alpha value is -1.47. The summed E-state index contributed by atoms with van der Waals surface area (Å²) in [6.07, 6.45) is 40.0. The van der Waals surface area contributed by atoms with Crippen LogP contribution in [0.4, 0.5) is 0 Å². The number of phosphoric acid groups is 1. The van der Waals surface area contributed by atoms with Crippen LogP contribution in [0.2, 0.25) is 0 Å². The van der Waals surface area contributed by atoms with Crippen molar-refractivity contribution in [2.24, 2.45) is 0 Å². The van der Waals surface area contributed by atoms with E-state index in [0.29, 0.717) is 6.42 Å². The first-order chi connectivity index (χ1) is 24.5. The molecule has 50 heavy (non-hydrogen) atoms. The molecule has 0 aromatic rings. The van der Waals surface area contributed by atoms with Crippen LogP contribution in [-0.2, 0) is 37.2 Å². The maximum Gasteiger partial charge on any atom is 0.475 e. The van der Waals surface area contributed by atoms with Gasteiger partial charge in [0.15, 0.2) is 6.10 Å². The molecule has 0 spiro atoms. The molecule has 0 aromatic carbocycles. The summed E-state index contributed by atoms with van der Waals surface area (Å²) >= 11 is 0. The highest BCUT2D eigenvalue weighted by Crippen LogP contribution is 2.52. The Labute approximate surface area is 306 Å². The molecule has 0 bridgehead atoms. The SMILES string of the molecule is CCCCCCCC/C=C/CCCCCCCC(=O)OC[C@H](COP1(=O)OCCO1)OC(=O)CCCCCCC/C=C/CCCCCCCC. The summed E-state index contributed by atoms with van der Waals surface area (Å²) in [5.74, 6) is -0.711. The lowest BCUT2D eigenvalue weighted by Crippen LogP contribution is -2.29. The van der Waals surface area contributed by atoms with Crippen LogP contribution in [0.15, 0.2) is 24.3 Å². The Morgan fingerprint density at radius 3 is 1.36 bits per heavy atom. The third kappa shape index (κ3) is 30.2. The molecule has 1 saturated heterocycles. The predicted octanol–water partition coefficient (Wildman–Crippen LogP) is 12.7. The summed E-state index contributed by atoms with van der Waals surface area (Å²) < 4.78 is 38.9. The van der Waals surface area contributed by atoms with Gasteiger partial charge >= 0.3 is 19.8 Å². The highest BCUT2D eigenvalue weighted by molar-refractivity contribution is 7.48. The van der Waals surface area contributed by atoms with Crippen LogP contribution in [0, 0.1) is 0 Å². The highest BCUT2D eigenvalue weighted by Gasteiger charge is 2.33.